The van der Waals surface area contributed by atoms with Gasteiger partial charge in [0.25, 0.3) is 5.56 Å². The van der Waals surface area contributed by atoms with Gasteiger partial charge in [-0.1, -0.05) is 0 Å². The second kappa shape index (κ2) is 7.55. The molecule has 146 valence electrons. The van der Waals surface area contributed by atoms with Gasteiger partial charge in [0, 0.05) is 49.9 Å². The van der Waals surface area contributed by atoms with Crippen molar-refractivity contribution in [3.63, 3.8) is 0 Å². The molecule has 1 saturated heterocycles. The highest BCUT2D eigenvalue weighted by atomic mass is 16.1. The molecule has 8 heteroatoms. The SMILES string of the molecule is Cc1cc(=O)n(C(C)C)c2nc(Nc3ccc(N4CCNCC4)cn3)ncc12. The average molecular weight is 379 g/mol. The van der Waals surface area contributed by atoms with Crippen LogP contribution in [0.25, 0.3) is 11.0 Å². The molecule has 0 atom stereocenters. The number of nitrogens with zero attached hydrogens (tertiary/aromatic N) is 5. The van der Waals surface area contributed by atoms with Crippen molar-refractivity contribution >= 4 is 28.5 Å². The van der Waals surface area contributed by atoms with Crippen molar-refractivity contribution in [2.45, 2.75) is 26.8 Å². The van der Waals surface area contributed by atoms with Crippen LogP contribution < -0.4 is 21.1 Å². The summed E-state index contributed by atoms with van der Waals surface area (Å²) in [4.78, 5) is 28.2. The van der Waals surface area contributed by atoms with Crippen molar-refractivity contribution in [1.29, 1.82) is 0 Å². The number of aryl methyl sites for hydroxylation is 1. The minimum absolute atomic E-state index is 0.00907. The van der Waals surface area contributed by atoms with Gasteiger partial charge in [-0.15, -0.1) is 0 Å². The lowest BCUT2D eigenvalue weighted by atomic mass is 10.2. The van der Waals surface area contributed by atoms with E-state index in [4.69, 9.17) is 0 Å². The van der Waals surface area contributed by atoms with E-state index in [-0.39, 0.29) is 11.6 Å². The standard InChI is InChI=1S/C20H25N7O/c1-13(2)27-18(28)10-14(3)16-12-23-20(25-19(16)27)24-17-5-4-15(11-22-17)26-8-6-21-7-9-26/h4-5,10-13,21H,6-9H2,1-3H3,(H,22,23,24,25). The molecule has 3 aromatic heterocycles. The van der Waals surface area contributed by atoms with E-state index in [1.165, 1.54) is 0 Å². The first-order chi connectivity index (χ1) is 13.5. The van der Waals surface area contributed by atoms with E-state index in [2.05, 4.69) is 36.6 Å². The van der Waals surface area contributed by atoms with Crippen LogP contribution in [0.15, 0.2) is 35.4 Å². The van der Waals surface area contributed by atoms with E-state index in [1.54, 1.807) is 16.8 Å². The van der Waals surface area contributed by atoms with Gasteiger partial charge in [-0.05, 0) is 38.5 Å². The fourth-order valence-electron chi connectivity index (χ4n) is 3.52. The molecule has 0 aromatic carbocycles. The zero-order valence-electron chi connectivity index (χ0n) is 16.4. The molecule has 1 aliphatic rings. The molecule has 1 fully saturated rings. The van der Waals surface area contributed by atoms with E-state index in [9.17, 15) is 4.79 Å². The van der Waals surface area contributed by atoms with Crippen molar-refractivity contribution in [1.82, 2.24) is 24.8 Å². The van der Waals surface area contributed by atoms with Gasteiger partial charge in [-0.2, -0.15) is 4.98 Å². The van der Waals surface area contributed by atoms with Crippen molar-refractivity contribution < 1.29 is 0 Å². The zero-order valence-corrected chi connectivity index (χ0v) is 16.4. The molecule has 0 unspecified atom stereocenters. The Kier molecular flexibility index (Phi) is 4.95. The summed E-state index contributed by atoms with van der Waals surface area (Å²) in [6.45, 7) is 9.79. The van der Waals surface area contributed by atoms with Crippen molar-refractivity contribution in [2.75, 3.05) is 36.4 Å². The van der Waals surface area contributed by atoms with Crippen LogP contribution in [0.4, 0.5) is 17.5 Å². The monoisotopic (exact) mass is 379 g/mol. The minimum atomic E-state index is -0.0526. The summed E-state index contributed by atoms with van der Waals surface area (Å²) in [7, 11) is 0. The molecule has 0 spiro atoms. The first-order valence-corrected chi connectivity index (χ1v) is 9.60. The Labute approximate surface area is 163 Å². The summed E-state index contributed by atoms with van der Waals surface area (Å²) in [5.74, 6) is 1.10. The zero-order chi connectivity index (χ0) is 19.7. The molecule has 28 heavy (non-hydrogen) atoms. The van der Waals surface area contributed by atoms with E-state index >= 15 is 0 Å². The lowest BCUT2D eigenvalue weighted by molar-refractivity contribution is 0.589. The maximum absolute atomic E-state index is 12.4. The first-order valence-electron chi connectivity index (χ1n) is 9.60. The highest BCUT2D eigenvalue weighted by Crippen LogP contribution is 2.21. The molecular weight excluding hydrogens is 354 g/mol. The Morgan fingerprint density at radius 1 is 1.14 bits per heavy atom. The number of fused-ring (bicyclic) bond motifs is 1. The summed E-state index contributed by atoms with van der Waals surface area (Å²) < 4.78 is 1.69. The van der Waals surface area contributed by atoms with Gasteiger partial charge >= 0.3 is 0 Å². The summed E-state index contributed by atoms with van der Waals surface area (Å²) in [5.41, 5.74) is 2.57. The molecule has 8 nitrogen and oxygen atoms in total. The molecule has 1 aliphatic heterocycles. The number of hydrogen-bond donors (Lipinski definition) is 2. The van der Waals surface area contributed by atoms with Crippen LogP contribution in [-0.4, -0.2) is 45.7 Å². The fraction of sp³-hybridized carbons (Fsp3) is 0.400. The van der Waals surface area contributed by atoms with Crippen LogP contribution in [-0.2, 0) is 0 Å². The van der Waals surface area contributed by atoms with Gasteiger partial charge in [-0.3, -0.25) is 9.36 Å². The molecule has 3 aromatic rings. The fourth-order valence-corrected chi connectivity index (χ4v) is 3.52. The smallest absolute Gasteiger partial charge is 0.252 e. The van der Waals surface area contributed by atoms with Gasteiger partial charge in [0.1, 0.15) is 11.5 Å². The molecule has 0 amide bonds. The quantitative estimate of drug-likeness (QED) is 0.719. The average Bonchev–Trinajstić information content (AvgIpc) is 2.69. The Balaban J connectivity index is 1.63. The molecule has 0 saturated carbocycles. The molecule has 4 rings (SSSR count). The second-order valence-corrected chi connectivity index (χ2v) is 7.32. The third kappa shape index (κ3) is 3.55. The Morgan fingerprint density at radius 2 is 1.93 bits per heavy atom. The normalized spacial score (nSPS) is 14.6. The Bertz CT molecular complexity index is 1040. The summed E-state index contributed by atoms with van der Waals surface area (Å²) in [6.07, 6.45) is 3.62. The maximum Gasteiger partial charge on any atom is 0.252 e. The first kappa shape index (κ1) is 18.4. The van der Waals surface area contributed by atoms with Gasteiger partial charge in [-0.25, -0.2) is 9.97 Å². The van der Waals surface area contributed by atoms with Crippen LogP contribution in [0, 0.1) is 6.92 Å². The summed E-state index contributed by atoms with van der Waals surface area (Å²) in [6, 6.07) is 5.62. The molecule has 2 N–H and O–H groups in total. The van der Waals surface area contributed by atoms with E-state index in [0.29, 0.717) is 17.4 Å². The summed E-state index contributed by atoms with van der Waals surface area (Å²) >= 11 is 0. The van der Waals surface area contributed by atoms with Crippen LogP contribution in [0.1, 0.15) is 25.5 Å². The topological polar surface area (TPSA) is 88.0 Å². The van der Waals surface area contributed by atoms with Crippen molar-refractivity contribution in [3.05, 3.63) is 46.5 Å². The number of rotatable bonds is 4. The predicted octanol–water partition coefficient (Wildman–Crippen LogP) is 2.23. The van der Waals surface area contributed by atoms with Gasteiger partial charge < -0.3 is 15.5 Å². The molecule has 4 heterocycles. The van der Waals surface area contributed by atoms with E-state index in [1.807, 2.05) is 33.0 Å². The molecule has 0 aliphatic carbocycles. The highest BCUT2D eigenvalue weighted by molar-refractivity contribution is 5.79. The number of nitrogens with one attached hydrogen (secondary N) is 2. The number of aromatic nitrogens is 4. The van der Waals surface area contributed by atoms with Crippen LogP contribution in [0.2, 0.25) is 0 Å². The molecule has 0 radical (unpaired) electrons. The lowest BCUT2D eigenvalue weighted by Crippen LogP contribution is -2.43. The Hall–Kier alpha value is -3.00. The number of pyridine rings is 2. The van der Waals surface area contributed by atoms with E-state index in [0.717, 1.165) is 42.8 Å². The number of hydrogen-bond acceptors (Lipinski definition) is 7. The third-order valence-electron chi connectivity index (χ3n) is 4.99. The van der Waals surface area contributed by atoms with Gasteiger partial charge in [0.2, 0.25) is 5.95 Å². The molecule has 0 bridgehead atoms. The predicted molar refractivity (Wildman–Crippen MR) is 112 cm³/mol. The third-order valence-corrected chi connectivity index (χ3v) is 4.99. The number of anilines is 3. The largest absolute Gasteiger partial charge is 0.368 e. The van der Waals surface area contributed by atoms with E-state index < -0.39 is 0 Å². The van der Waals surface area contributed by atoms with Crippen molar-refractivity contribution in [3.8, 4) is 0 Å². The van der Waals surface area contributed by atoms with Gasteiger partial charge in [0.15, 0.2) is 0 Å². The lowest BCUT2D eigenvalue weighted by Gasteiger charge is -2.29. The van der Waals surface area contributed by atoms with Crippen LogP contribution in [0.3, 0.4) is 0 Å². The second-order valence-electron chi connectivity index (χ2n) is 7.32. The minimum Gasteiger partial charge on any atom is -0.368 e. The summed E-state index contributed by atoms with van der Waals surface area (Å²) in [5, 5.41) is 7.38. The van der Waals surface area contributed by atoms with Crippen LogP contribution in [0.5, 0.6) is 0 Å². The maximum atomic E-state index is 12.4. The highest BCUT2D eigenvalue weighted by Gasteiger charge is 2.13. The molecular formula is C20H25N7O. The number of piperazine rings is 1. The van der Waals surface area contributed by atoms with Gasteiger partial charge in [0.05, 0.1) is 11.9 Å². The van der Waals surface area contributed by atoms with Crippen molar-refractivity contribution in [2.24, 2.45) is 0 Å². The van der Waals surface area contributed by atoms with Crippen LogP contribution >= 0.6 is 0 Å². The Morgan fingerprint density at radius 3 is 2.61 bits per heavy atom.